The van der Waals surface area contributed by atoms with Crippen LogP contribution < -0.4 is 5.32 Å². The smallest absolute Gasteiger partial charge is 0.287 e. The predicted molar refractivity (Wildman–Crippen MR) is 67.8 cm³/mol. The van der Waals surface area contributed by atoms with Crippen LogP contribution in [0.2, 0.25) is 0 Å². The number of aliphatic hydroxyl groups excluding tert-OH is 1. The summed E-state index contributed by atoms with van der Waals surface area (Å²) in [6.07, 6.45) is 0.795. The van der Waals surface area contributed by atoms with Gasteiger partial charge in [0.25, 0.3) is 5.91 Å². The molecule has 0 aliphatic carbocycles. The van der Waals surface area contributed by atoms with Crippen molar-refractivity contribution in [3.05, 3.63) is 22.6 Å². The predicted octanol–water partition coefficient (Wildman–Crippen LogP) is 1.89. The second kappa shape index (κ2) is 7.76. The van der Waals surface area contributed by atoms with E-state index in [1.54, 1.807) is 23.9 Å². The molecule has 1 aromatic rings. The molecule has 1 amide bonds. The SMILES string of the molecule is O=C(NCCSCCCO)c1ccc(Br)o1. The van der Waals surface area contributed by atoms with Crippen LogP contribution in [-0.2, 0) is 0 Å². The van der Waals surface area contributed by atoms with Gasteiger partial charge in [-0.1, -0.05) is 0 Å². The van der Waals surface area contributed by atoms with Crippen LogP contribution in [0.1, 0.15) is 17.0 Å². The maximum absolute atomic E-state index is 11.5. The van der Waals surface area contributed by atoms with E-state index in [2.05, 4.69) is 21.2 Å². The fraction of sp³-hybridized carbons (Fsp3) is 0.500. The Hall–Kier alpha value is -0.460. The van der Waals surface area contributed by atoms with Crippen LogP contribution in [0.15, 0.2) is 21.2 Å². The molecule has 4 nitrogen and oxygen atoms in total. The minimum atomic E-state index is -0.201. The molecule has 1 rings (SSSR count). The van der Waals surface area contributed by atoms with Gasteiger partial charge in [-0.3, -0.25) is 4.79 Å². The van der Waals surface area contributed by atoms with E-state index in [9.17, 15) is 4.79 Å². The number of aliphatic hydroxyl groups is 1. The minimum absolute atomic E-state index is 0.201. The number of rotatable bonds is 7. The maximum atomic E-state index is 11.5. The molecule has 2 N–H and O–H groups in total. The van der Waals surface area contributed by atoms with Crippen molar-refractivity contribution in [1.29, 1.82) is 0 Å². The molecule has 0 bridgehead atoms. The lowest BCUT2D eigenvalue weighted by atomic mass is 10.4. The summed E-state index contributed by atoms with van der Waals surface area (Å²) in [6.45, 7) is 0.826. The molecule has 0 aliphatic rings. The maximum Gasteiger partial charge on any atom is 0.287 e. The zero-order chi connectivity index (χ0) is 11.8. The third kappa shape index (κ3) is 5.05. The highest BCUT2D eigenvalue weighted by atomic mass is 79.9. The van der Waals surface area contributed by atoms with Gasteiger partial charge in [-0.15, -0.1) is 0 Å². The highest BCUT2D eigenvalue weighted by molar-refractivity contribution is 9.10. The zero-order valence-corrected chi connectivity index (χ0v) is 11.1. The molecule has 1 heterocycles. The van der Waals surface area contributed by atoms with Crippen LogP contribution in [0.25, 0.3) is 0 Å². The molecule has 90 valence electrons. The van der Waals surface area contributed by atoms with Gasteiger partial charge in [0.15, 0.2) is 10.4 Å². The van der Waals surface area contributed by atoms with Crippen LogP contribution >= 0.6 is 27.7 Å². The molecule has 0 saturated heterocycles. The minimum Gasteiger partial charge on any atom is -0.444 e. The van der Waals surface area contributed by atoms with E-state index in [4.69, 9.17) is 9.52 Å². The first-order chi connectivity index (χ1) is 7.74. The van der Waals surface area contributed by atoms with Crippen LogP contribution in [0.4, 0.5) is 0 Å². The third-order valence-corrected chi connectivity index (χ3v) is 3.27. The molecule has 0 unspecified atom stereocenters. The summed E-state index contributed by atoms with van der Waals surface area (Å²) in [5.74, 6) is 1.87. The third-order valence-electron chi connectivity index (χ3n) is 1.78. The second-order valence-corrected chi connectivity index (χ2v) is 5.06. The Morgan fingerprint density at radius 1 is 1.50 bits per heavy atom. The number of hydrogen-bond donors (Lipinski definition) is 2. The van der Waals surface area contributed by atoms with E-state index in [0.29, 0.717) is 17.0 Å². The number of hydrogen-bond acceptors (Lipinski definition) is 4. The first kappa shape index (κ1) is 13.6. The Labute approximate surface area is 107 Å². The molecule has 0 saturated carbocycles. The molecule has 16 heavy (non-hydrogen) atoms. The number of amides is 1. The van der Waals surface area contributed by atoms with Gasteiger partial charge >= 0.3 is 0 Å². The number of nitrogens with one attached hydrogen (secondary N) is 1. The lowest BCUT2D eigenvalue weighted by Gasteiger charge is -2.02. The molecule has 0 radical (unpaired) electrons. The number of carbonyl (C=O) groups excluding carboxylic acids is 1. The number of furan rings is 1. The van der Waals surface area contributed by atoms with E-state index in [1.165, 1.54) is 0 Å². The quantitative estimate of drug-likeness (QED) is 0.755. The van der Waals surface area contributed by atoms with Crippen molar-refractivity contribution in [2.24, 2.45) is 0 Å². The molecule has 0 fully saturated rings. The topological polar surface area (TPSA) is 62.5 Å². The number of carbonyl (C=O) groups is 1. The van der Waals surface area contributed by atoms with Crippen molar-refractivity contribution >= 4 is 33.6 Å². The Kier molecular flexibility index (Phi) is 6.59. The average Bonchev–Trinajstić information content (AvgIpc) is 2.70. The van der Waals surface area contributed by atoms with Crippen LogP contribution in [0.5, 0.6) is 0 Å². The van der Waals surface area contributed by atoms with Gasteiger partial charge in [-0.2, -0.15) is 11.8 Å². The van der Waals surface area contributed by atoms with Crippen molar-refractivity contribution in [2.75, 3.05) is 24.7 Å². The summed E-state index contributed by atoms with van der Waals surface area (Å²) >= 11 is 4.84. The van der Waals surface area contributed by atoms with E-state index < -0.39 is 0 Å². The summed E-state index contributed by atoms with van der Waals surface area (Å²) in [5, 5.41) is 11.3. The Morgan fingerprint density at radius 3 is 2.94 bits per heavy atom. The molecular formula is C10H14BrNO3S. The van der Waals surface area contributed by atoms with E-state index >= 15 is 0 Å². The summed E-state index contributed by atoms with van der Waals surface area (Å²) in [5.41, 5.74) is 0. The lowest BCUT2D eigenvalue weighted by molar-refractivity contribution is 0.0927. The molecule has 0 atom stereocenters. The van der Waals surface area contributed by atoms with Gasteiger partial charge in [0, 0.05) is 18.9 Å². The highest BCUT2D eigenvalue weighted by Crippen LogP contribution is 2.13. The van der Waals surface area contributed by atoms with Crippen molar-refractivity contribution in [3.63, 3.8) is 0 Å². The molecule has 1 aromatic heterocycles. The molecular weight excluding hydrogens is 294 g/mol. The monoisotopic (exact) mass is 307 g/mol. The lowest BCUT2D eigenvalue weighted by Crippen LogP contribution is -2.25. The second-order valence-electron chi connectivity index (χ2n) is 3.05. The van der Waals surface area contributed by atoms with Gasteiger partial charge in [0.05, 0.1) is 0 Å². The molecule has 0 aliphatic heterocycles. The Bertz CT molecular complexity index is 330. The summed E-state index contributed by atoms with van der Waals surface area (Å²) in [4.78, 5) is 11.5. The van der Waals surface area contributed by atoms with E-state index in [-0.39, 0.29) is 12.5 Å². The summed E-state index contributed by atoms with van der Waals surface area (Å²) in [7, 11) is 0. The molecule has 0 aromatic carbocycles. The van der Waals surface area contributed by atoms with Gasteiger partial charge in [0.1, 0.15) is 0 Å². The van der Waals surface area contributed by atoms with Crippen molar-refractivity contribution < 1.29 is 14.3 Å². The van der Waals surface area contributed by atoms with E-state index in [1.807, 2.05) is 0 Å². The summed E-state index contributed by atoms with van der Waals surface area (Å²) < 4.78 is 5.66. The van der Waals surface area contributed by atoms with Crippen molar-refractivity contribution in [3.8, 4) is 0 Å². The summed E-state index contributed by atoms with van der Waals surface area (Å²) in [6, 6.07) is 3.31. The van der Waals surface area contributed by atoms with E-state index in [0.717, 1.165) is 17.9 Å². The van der Waals surface area contributed by atoms with Crippen molar-refractivity contribution in [2.45, 2.75) is 6.42 Å². The van der Waals surface area contributed by atoms with Crippen molar-refractivity contribution in [1.82, 2.24) is 5.32 Å². The Morgan fingerprint density at radius 2 is 2.31 bits per heavy atom. The zero-order valence-electron chi connectivity index (χ0n) is 8.74. The molecule has 0 spiro atoms. The van der Waals surface area contributed by atoms with Crippen LogP contribution in [0, 0.1) is 0 Å². The Balaban J connectivity index is 2.11. The molecule has 6 heteroatoms. The largest absolute Gasteiger partial charge is 0.444 e. The highest BCUT2D eigenvalue weighted by Gasteiger charge is 2.08. The van der Waals surface area contributed by atoms with Gasteiger partial charge < -0.3 is 14.8 Å². The van der Waals surface area contributed by atoms with Crippen LogP contribution in [-0.4, -0.2) is 35.7 Å². The van der Waals surface area contributed by atoms with Gasteiger partial charge in [-0.25, -0.2) is 0 Å². The number of thioether (sulfide) groups is 1. The normalized spacial score (nSPS) is 10.4. The fourth-order valence-corrected chi connectivity index (χ4v) is 2.12. The van der Waals surface area contributed by atoms with Crippen LogP contribution in [0.3, 0.4) is 0 Å². The number of halogens is 1. The standard InChI is InChI=1S/C10H14BrNO3S/c11-9-3-2-8(15-9)10(14)12-4-7-16-6-1-5-13/h2-3,13H,1,4-7H2,(H,12,14). The fourth-order valence-electron chi connectivity index (χ4n) is 1.03. The first-order valence-electron chi connectivity index (χ1n) is 4.96. The average molecular weight is 308 g/mol. The first-order valence-corrected chi connectivity index (χ1v) is 6.91. The van der Waals surface area contributed by atoms with Gasteiger partial charge in [0.2, 0.25) is 0 Å². The van der Waals surface area contributed by atoms with Gasteiger partial charge in [-0.05, 0) is 40.2 Å².